The van der Waals surface area contributed by atoms with Gasteiger partial charge in [0, 0.05) is 55.1 Å². The summed E-state index contributed by atoms with van der Waals surface area (Å²) in [6, 6.07) is 5.48. The Balaban J connectivity index is 1.72. The second kappa shape index (κ2) is 6.36. The number of ether oxygens (including phenoxy) is 2. The van der Waals surface area contributed by atoms with Crippen LogP contribution >= 0.6 is 0 Å². The first-order valence-corrected chi connectivity index (χ1v) is 7.87. The van der Waals surface area contributed by atoms with Gasteiger partial charge < -0.3 is 14.8 Å². The van der Waals surface area contributed by atoms with Crippen LogP contribution in [0, 0.1) is 0 Å². The minimum Gasteiger partial charge on any atom is -0.497 e. The van der Waals surface area contributed by atoms with Crippen LogP contribution in [0.1, 0.15) is 0 Å². The average molecular weight is 351 g/mol. The third-order valence-corrected chi connectivity index (χ3v) is 3.84. The molecule has 0 aliphatic carbocycles. The summed E-state index contributed by atoms with van der Waals surface area (Å²) in [6.45, 7) is 0. The Morgan fingerprint density at radius 2 is 1.85 bits per heavy atom. The quantitative estimate of drug-likeness (QED) is 0.590. The second-order valence-electron chi connectivity index (χ2n) is 5.61. The Kier molecular flexibility index (Phi) is 3.88. The van der Waals surface area contributed by atoms with E-state index in [1.165, 1.54) is 0 Å². The van der Waals surface area contributed by atoms with Crippen molar-refractivity contribution in [3.8, 4) is 22.8 Å². The van der Waals surface area contributed by atoms with Crippen molar-refractivity contribution in [3.63, 3.8) is 0 Å². The van der Waals surface area contributed by atoms with E-state index >= 15 is 0 Å². The largest absolute Gasteiger partial charge is 0.497 e. The van der Waals surface area contributed by atoms with E-state index in [4.69, 9.17) is 9.47 Å². The molecule has 0 radical (unpaired) electrons. The molecule has 0 amide bonds. The van der Waals surface area contributed by atoms with E-state index in [0.717, 1.165) is 11.3 Å². The fourth-order valence-electron chi connectivity index (χ4n) is 2.63. The lowest BCUT2D eigenvalue weighted by atomic mass is 10.2. The highest BCUT2D eigenvalue weighted by Gasteiger charge is 2.13. The number of aryl methyl sites for hydroxylation is 1. The molecule has 4 aromatic rings. The third kappa shape index (κ3) is 2.90. The van der Waals surface area contributed by atoms with E-state index in [0.29, 0.717) is 28.8 Å². The minimum absolute atomic E-state index is 0.443. The van der Waals surface area contributed by atoms with Gasteiger partial charge in [-0.3, -0.25) is 9.67 Å². The SMILES string of the molecule is COc1cc(Nc2nc3c(-c4cnn(C)c4)nccn3n2)cc(OC)c1. The predicted molar refractivity (Wildman–Crippen MR) is 95.8 cm³/mol. The van der Waals surface area contributed by atoms with E-state index in [1.54, 1.807) is 48.1 Å². The molecule has 9 nitrogen and oxygen atoms in total. The van der Waals surface area contributed by atoms with Crippen LogP contribution in [0.5, 0.6) is 11.5 Å². The molecule has 132 valence electrons. The first-order valence-electron chi connectivity index (χ1n) is 7.87. The molecule has 1 N–H and O–H groups in total. The zero-order valence-electron chi connectivity index (χ0n) is 14.5. The summed E-state index contributed by atoms with van der Waals surface area (Å²) in [5.74, 6) is 1.79. The summed E-state index contributed by atoms with van der Waals surface area (Å²) in [4.78, 5) is 8.99. The van der Waals surface area contributed by atoms with Crippen molar-refractivity contribution in [1.82, 2.24) is 29.4 Å². The molecule has 4 rings (SSSR count). The van der Waals surface area contributed by atoms with Gasteiger partial charge in [0.25, 0.3) is 0 Å². The maximum absolute atomic E-state index is 5.29. The number of hydrogen-bond donors (Lipinski definition) is 1. The summed E-state index contributed by atoms with van der Waals surface area (Å²) in [5.41, 5.74) is 2.98. The molecule has 0 saturated carbocycles. The molecule has 0 bridgehead atoms. The van der Waals surface area contributed by atoms with Crippen LogP contribution in [0.15, 0.2) is 43.0 Å². The fraction of sp³-hybridized carbons (Fsp3) is 0.176. The molecule has 3 aromatic heterocycles. The van der Waals surface area contributed by atoms with Crippen LogP contribution in [0.2, 0.25) is 0 Å². The Bertz CT molecular complexity index is 1050. The van der Waals surface area contributed by atoms with Gasteiger partial charge in [0.2, 0.25) is 5.95 Å². The molecule has 26 heavy (non-hydrogen) atoms. The lowest BCUT2D eigenvalue weighted by Crippen LogP contribution is -1.95. The number of aromatic nitrogens is 6. The number of anilines is 2. The van der Waals surface area contributed by atoms with Gasteiger partial charge in [-0.05, 0) is 0 Å². The van der Waals surface area contributed by atoms with E-state index in [2.05, 4.69) is 25.5 Å². The Morgan fingerprint density at radius 3 is 2.50 bits per heavy atom. The fourth-order valence-corrected chi connectivity index (χ4v) is 2.63. The van der Waals surface area contributed by atoms with Crippen molar-refractivity contribution in [2.75, 3.05) is 19.5 Å². The van der Waals surface area contributed by atoms with Crippen molar-refractivity contribution >= 4 is 17.3 Å². The molecular formula is C17H17N7O2. The molecule has 0 aliphatic rings. The van der Waals surface area contributed by atoms with Gasteiger partial charge in [0.05, 0.1) is 20.4 Å². The van der Waals surface area contributed by atoms with Gasteiger partial charge in [-0.1, -0.05) is 0 Å². The van der Waals surface area contributed by atoms with Gasteiger partial charge >= 0.3 is 0 Å². The summed E-state index contributed by atoms with van der Waals surface area (Å²) >= 11 is 0. The molecule has 0 fully saturated rings. The van der Waals surface area contributed by atoms with Crippen LogP contribution in [0.3, 0.4) is 0 Å². The highest BCUT2D eigenvalue weighted by molar-refractivity contribution is 5.73. The van der Waals surface area contributed by atoms with E-state index in [-0.39, 0.29) is 0 Å². The van der Waals surface area contributed by atoms with E-state index in [9.17, 15) is 0 Å². The highest BCUT2D eigenvalue weighted by Crippen LogP contribution is 2.28. The maximum atomic E-state index is 5.29. The lowest BCUT2D eigenvalue weighted by Gasteiger charge is -2.08. The molecule has 0 spiro atoms. The van der Waals surface area contributed by atoms with E-state index in [1.807, 2.05) is 25.4 Å². The third-order valence-electron chi connectivity index (χ3n) is 3.84. The van der Waals surface area contributed by atoms with Crippen molar-refractivity contribution in [2.45, 2.75) is 0 Å². The smallest absolute Gasteiger partial charge is 0.247 e. The molecule has 0 atom stereocenters. The monoisotopic (exact) mass is 351 g/mol. The average Bonchev–Trinajstić information content (AvgIpc) is 3.26. The number of rotatable bonds is 5. The number of fused-ring (bicyclic) bond motifs is 1. The Hall–Kier alpha value is -3.62. The maximum Gasteiger partial charge on any atom is 0.247 e. The standard InChI is InChI=1S/C17H17N7O2/c1-23-10-11(9-19-23)15-16-21-17(22-24(16)5-4-18-15)20-12-6-13(25-2)8-14(7-12)26-3/h4-10H,1-3H3,(H,20,22). The molecule has 0 aliphatic heterocycles. The lowest BCUT2D eigenvalue weighted by molar-refractivity contribution is 0.395. The van der Waals surface area contributed by atoms with Crippen molar-refractivity contribution in [2.24, 2.45) is 7.05 Å². The van der Waals surface area contributed by atoms with Gasteiger partial charge in [-0.25, -0.2) is 4.52 Å². The van der Waals surface area contributed by atoms with Gasteiger partial charge in [0.15, 0.2) is 5.65 Å². The molecule has 9 heteroatoms. The zero-order valence-corrected chi connectivity index (χ0v) is 14.5. The Morgan fingerprint density at radius 1 is 1.08 bits per heavy atom. The highest BCUT2D eigenvalue weighted by atomic mass is 16.5. The number of hydrogen-bond acceptors (Lipinski definition) is 7. The molecule has 3 heterocycles. The number of nitrogens with one attached hydrogen (secondary N) is 1. The topological polar surface area (TPSA) is 91.4 Å². The van der Waals surface area contributed by atoms with Crippen LogP contribution in [0.25, 0.3) is 16.9 Å². The van der Waals surface area contributed by atoms with Crippen LogP contribution in [-0.2, 0) is 7.05 Å². The van der Waals surface area contributed by atoms with Crippen molar-refractivity contribution in [3.05, 3.63) is 43.0 Å². The van der Waals surface area contributed by atoms with Gasteiger partial charge in [-0.15, -0.1) is 5.10 Å². The summed E-state index contributed by atoms with van der Waals surface area (Å²) in [5, 5.41) is 11.8. The number of methoxy groups -OCH3 is 2. The normalized spacial score (nSPS) is 10.9. The van der Waals surface area contributed by atoms with E-state index < -0.39 is 0 Å². The summed E-state index contributed by atoms with van der Waals surface area (Å²) < 4.78 is 14.0. The van der Waals surface area contributed by atoms with Gasteiger partial charge in [-0.2, -0.15) is 10.1 Å². The number of benzene rings is 1. The minimum atomic E-state index is 0.443. The van der Waals surface area contributed by atoms with Crippen LogP contribution < -0.4 is 14.8 Å². The molecule has 0 unspecified atom stereocenters. The number of nitrogens with zero attached hydrogens (tertiary/aromatic N) is 6. The summed E-state index contributed by atoms with van der Waals surface area (Å²) in [7, 11) is 5.07. The Labute approximate surface area is 149 Å². The molecular weight excluding hydrogens is 334 g/mol. The van der Waals surface area contributed by atoms with Crippen molar-refractivity contribution in [1.29, 1.82) is 0 Å². The zero-order chi connectivity index (χ0) is 18.1. The van der Waals surface area contributed by atoms with Gasteiger partial charge in [0.1, 0.15) is 17.2 Å². The molecule has 0 saturated heterocycles. The first-order chi connectivity index (χ1) is 12.7. The predicted octanol–water partition coefficient (Wildman–Crippen LogP) is 2.29. The first kappa shape index (κ1) is 15.9. The molecule has 1 aromatic carbocycles. The van der Waals surface area contributed by atoms with Crippen LogP contribution in [-0.4, -0.2) is 43.6 Å². The van der Waals surface area contributed by atoms with Crippen LogP contribution in [0.4, 0.5) is 11.6 Å². The van der Waals surface area contributed by atoms with Crippen molar-refractivity contribution < 1.29 is 9.47 Å². The summed E-state index contributed by atoms with van der Waals surface area (Å²) in [6.07, 6.45) is 7.07. The second-order valence-corrected chi connectivity index (χ2v) is 5.61.